The Morgan fingerprint density at radius 2 is 1.84 bits per heavy atom. The molecular formula is C18H29NO3S2Si. The minimum atomic E-state index is -1.83. The Labute approximate surface area is 162 Å². The highest BCUT2D eigenvalue weighted by atomic mass is 32.2. The molecule has 1 aromatic rings. The highest BCUT2D eigenvalue weighted by Gasteiger charge is 2.26. The second kappa shape index (κ2) is 9.59. The number of amides is 1. The van der Waals surface area contributed by atoms with E-state index in [0.717, 1.165) is 5.75 Å². The fourth-order valence-corrected chi connectivity index (χ4v) is 4.62. The van der Waals surface area contributed by atoms with Gasteiger partial charge in [-0.05, 0) is 58.2 Å². The van der Waals surface area contributed by atoms with Crippen LogP contribution in [0, 0.1) is 0 Å². The average molecular weight is 400 g/mol. The smallest absolute Gasteiger partial charge is 0.408 e. The maximum atomic E-state index is 12.1. The lowest BCUT2D eigenvalue weighted by molar-refractivity contribution is 0.0519. The summed E-state index contributed by atoms with van der Waals surface area (Å²) in [5.41, 5.74) is 0.688. The minimum absolute atomic E-state index is 0.356. The first-order valence-corrected chi connectivity index (χ1v) is 13.3. The van der Waals surface area contributed by atoms with Crippen molar-refractivity contribution in [3.8, 4) is 0 Å². The van der Waals surface area contributed by atoms with Crippen LogP contribution in [0.4, 0.5) is 4.79 Å². The maximum Gasteiger partial charge on any atom is 0.408 e. The van der Waals surface area contributed by atoms with Gasteiger partial charge in [0.25, 0.3) is 0 Å². The largest absolute Gasteiger partial charge is 0.538 e. The molecule has 1 rings (SSSR count). The third kappa shape index (κ3) is 10.5. The molecule has 0 heterocycles. The molecule has 0 spiro atoms. The van der Waals surface area contributed by atoms with Crippen LogP contribution in [-0.2, 0) is 14.9 Å². The van der Waals surface area contributed by atoms with Crippen LogP contribution in [0.5, 0.6) is 0 Å². The van der Waals surface area contributed by atoms with Gasteiger partial charge in [0.2, 0.25) is 8.32 Å². The summed E-state index contributed by atoms with van der Waals surface area (Å²) in [7, 11) is -1.83. The van der Waals surface area contributed by atoms with Gasteiger partial charge < -0.3 is 14.5 Å². The summed E-state index contributed by atoms with van der Waals surface area (Å²) < 4.78 is 11.3. The molecule has 4 nitrogen and oxygen atoms in total. The monoisotopic (exact) mass is 399 g/mol. The van der Waals surface area contributed by atoms with Crippen molar-refractivity contribution in [3.05, 3.63) is 35.9 Å². The standard InChI is InChI=1S/C18H29NO3S2Si/c1-18(2,3)21-17(20)19-15(16(23)22-25(4,5)6)13-24-12-14-10-8-7-9-11-14/h7-11,15H,12-13H2,1-6H3,(H,19,20). The molecule has 1 atom stereocenters. The van der Waals surface area contributed by atoms with Gasteiger partial charge in [-0.15, -0.1) is 0 Å². The molecule has 140 valence electrons. The van der Waals surface area contributed by atoms with Crippen LogP contribution in [0.25, 0.3) is 0 Å². The van der Waals surface area contributed by atoms with Crippen LogP contribution in [0.1, 0.15) is 26.3 Å². The summed E-state index contributed by atoms with van der Waals surface area (Å²) in [5, 5.41) is 3.29. The topological polar surface area (TPSA) is 47.6 Å². The van der Waals surface area contributed by atoms with Crippen molar-refractivity contribution in [2.24, 2.45) is 0 Å². The van der Waals surface area contributed by atoms with Gasteiger partial charge in [0, 0.05) is 11.5 Å². The second-order valence-corrected chi connectivity index (χ2v) is 13.6. The summed E-state index contributed by atoms with van der Waals surface area (Å²) in [6.07, 6.45) is -0.473. The molecule has 0 aliphatic rings. The highest BCUT2D eigenvalue weighted by Crippen LogP contribution is 2.16. The predicted molar refractivity (Wildman–Crippen MR) is 113 cm³/mol. The fraction of sp³-hybridized carbons (Fsp3) is 0.556. The van der Waals surface area contributed by atoms with Crippen molar-refractivity contribution in [1.82, 2.24) is 5.32 Å². The Balaban J connectivity index is 2.66. The lowest BCUT2D eigenvalue weighted by Gasteiger charge is -2.27. The van der Waals surface area contributed by atoms with Crippen LogP contribution in [-0.4, -0.2) is 36.9 Å². The maximum absolute atomic E-state index is 12.1. The number of hydrogen-bond acceptors (Lipinski definition) is 5. The molecule has 1 aromatic carbocycles. The lowest BCUT2D eigenvalue weighted by Crippen LogP contribution is -2.47. The van der Waals surface area contributed by atoms with Gasteiger partial charge >= 0.3 is 6.09 Å². The van der Waals surface area contributed by atoms with Crippen molar-refractivity contribution in [3.63, 3.8) is 0 Å². The number of thiocarbonyl (C=S) groups is 1. The number of thioether (sulfide) groups is 1. The zero-order valence-electron chi connectivity index (χ0n) is 15.9. The third-order valence-electron chi connectivity index (χ3n) is 2.78. The first-order chi connectivity index (χ1) is 11.5. The molecule has 7 heteroatoms. The molecule has 0 radical (unpaired) electrons. The Kier molecular flexibility index (Phi) is 8.44. The van der Waals surface area contributed by atoms with E-state index in [0.29, 0.717) is 10.8 Å². The normalized spacial score (nSPS) is 13.0. The molecule has 0 aliphatic carbocycles. The number of nitrogens with one attached hydrogen (secondary N) is 1. The van der Waals surface area contributed by atoms with Gasteiger partial charge in [-0.1, -0.05) is 30.3 Å². The van der Waals surface area contributed by atoms with E-state index in [9.17, 15) is 4.79 Å². The number of alkyl carbamates (subject to hydrolysis) is 1. The number of ether oxygens (including phenoxy) is 1. The molecule has 0 saturated heterocycles. The predicted octanol–water partition coefficient (Wildman–Crippen LogP) is 4.99. The Hall–Kier alpha value is -1.05. The van der Waals surface area contributed by atoms with Gasteiger partial charge in [0.05, 0.1) is 0 Å². The molecule has 0 bridgehead atoms. The van der Waals surface area contributed by atoms with E-state index in [1.807, 2.05) is 39.0 Å². The molecule has 1 unspecified atom stereocenters. The van der Waals surface area contributed by atoms with E-state index in [2.05, 4.69) is 37.1 Å². The van der Waals surface area contributed by atoms with Crippen molar-refractivity contribution >= 4 is 43.4 Å². The van der Waals surface area contributed by atoms with Gasteiger partial charge in [-0.25, -0.2) is 4.79 Å². The number of hydrogen-bond donors (Lipinski definition) is 1. The number of benzene rings is 1. The van der Waals surface area contributed by atoms with Crippen molar-refractivity contribution in [1.29, 1.82) is 0 Å². The second-order valence-electron chi connectivity index (χ2n) is 7.73. The molecule has 0 aromatic heterocycles. The van der Waals surface area contributed by atoms with E-state index < -0.39 is 20.0 Å². The van der Waals surface area contributed by atoms with Crippen LogP contribution in [0.2, 0.25) is 19.6 Å². The fourth-order valence-electron chi connectivity index (χ4n) is 1.86. The molecular weight excluding hydrogens is 370 g/mol. The van der Waals surface area contributed by atoms with Crippen molar-refractivity contribution < 1.29 is 14.0 Å². The Morgan fingerprint density at radius 3 is 2.36 bits per heavy atom. The van der Waals surface area contributed by atoms with Crippen LogP contribution >= 0.6 is 24.0 Å². The Morgan fingerprint density at radius 1 is 1.24 bits per heavy atom. The molecule has 1 amide bonds. The molecule has 25 heavy (non-hydrogen) atoms. The SMILES string of the molecule is CC(C)(C)OC(=O)NC(CSCc1ccccc1)C(=S)O[Si](C)(C)C. The van der Waals surface area contributed by atoms with E-state index >= 15 is 0 Å². The zero-order chi connectivity index (χ0) is 19.1. The molecule has 1 N–H and O–H groups in total. The third-order valence-corrected chi connectivity index (χ3v) is 5.23. The first kappa shape index (κ1) is 22.0. The van der Waals surface area contributed by atoms with Gasteiger partial charge in [0.1, 0.15) is 11.6 Å². The summed E-state index contributed by atoms with van der Waals surface area (Å²) in [4.78, 5) is 12.1. The quantitative estimate of drug-likeness (QED) is 0.517. The molecule has 0 aliphatic heterocycles. The van der Waals surface area contributed by atoms with E-state index in [-0.39, 0.29) is 6.04 Å². The summed E-state index contributed by atoms with van der Waals surface area (Å²) >= 11 is 7.15. The summed E-state index contributed by atoms with van der Waals surface area (Å²) in [5.74, 6) is 1.49. The average Bonchev–Trinajstić information content (AvgIpc) is 2.43. The number of carbonyl (C=O) groups is 1. The zero-order valence-corrected chi connectivity index (χ0v) is 18.6. The van der Waals surface area contributed by atoms with Crippen LogP contribution < -0.4 is 5.32 Å². The molecule has 0 saturated carbocycles. The van der Waals surface area contributed by atoms with Crippen molar-refractivity contribution in [2.75, 3.05) is 5.75 Å². The highest BCUT2D eigenvalue weighted by molar-refractivity contribution is 7.98. The van der Waals surface area contributed by atoms with E-state index in [4.69, 9.17) is 21.4 Å². The van der Waals surface area contributed by atoms with Crippen LogP contribution in [0.15, 0.2) is 30.3 Å². The first-order valence-electron chi connectivity index (χ1n) is 8.30. The molecule has 0 fully saturated rings. The summed E-state index contributed by atoms with van der Waals surface area (Å²) in [6, 6.07) is 9.85. The lowest BCUT2D eigenvalue weighted by atomic mass is 10.2. The summed E-state index contributed by atoms with van der Waals surface area (Å²) in [6.45, 7) is 11.7. The minimum Gasteiger partial charge on any atom is -0.538 e. The Bertz CT molecular complexity index is 568. The van der Waals surface area contributed by atoms with Gasteiger partial charge in [-0.2, -0.15) is 11.8 Å². The number of rotatable bonds is 7. The van der Waals surface area contributed by atoms with E-state index in [1.54, 1.807) is 11.8 Å². The number of carbonyl (C=O) groups excluding carboxylic acids is 1. The van der Waals surface area contributed by atoms with Gasteiger partial charge in [0.15, 0.2) is 5.05 Å². The van der Waals surface area contributed by atoms with E-state index in [1.165, 1.54) is 5.56 Å². The van der Waals surface area contributed by atoms with Crippen molar-refractivity contribution in [2.45, 2.75) is 57.8 Å². The van der Waals surface area contributed by atoms with Gasteiger partial charge in [-0.3, -0.25) is 0 Å². The van der Waals surface area contributed by atoms with Crippen LogP contribution in [0.3, 0.4) is 0 Å².